The first-order valence-corrected chi connectivity index (χ1v) is 5.16. The van der Waals surface area contributed by atoms with E-state index < -0.39 is 0 Å². The van der Waals surface area contributed by atoms with E-state index >= 15 is 0 Å². The highest BCUT2D eigenvalue weighted by atomic mass is 16.5. The van der Waals surface area contributed by atoms with Gasteiger partial charge in [0, 0.05) is 19.5 Å². The lowest BCUT2D eigenvalue weighted by Gasteiger charge is -2.09. The zero-order valence-corrected chi connectivity index (χ0v) is 10.0. The fourth-order valence-electron chi connectivity index (χ4n) is 0.923. The van der Waals surface area contributed by atoms with Gasteiger partial charge in [0.25, 0.3) is 0 Å². The summed E-state index contributed by atoms with van der Waals surface area (Å²) >= 11 is 0. The second-order valence-electron chi connectivity index (χ2n) is 3.91. The number of ether oxygens (including phenoxy) is 1. The summed E-state index contributed by atoms with van der Waals surface area (Å²) in [4.78, 5) is 13.2. The van der Waals surface area contributed by atoms with Crippen LogP contribution in [0.1, 0.15) is 13.3 Å². The summed E-state index contributed by atoms with van der Waals surface area (Å²) in [7, 11) is 3.90. The molecule has 0 aliphatic heterocycles. The molecule has 0 unspecified atom stereocenters. The van der Waals surface area contributed by atoms with Crippen molar-refractivity contribution in [2.45, 2.75) is 13.3 Å². The van der Waals surface area contributed by atoms with Crippen LogP contribution in [0.2, 0.25) is 0 Å². The van der Waals surface area contributed by atoms with Crippen LogP contribution in [0.25, 0.3) is 0 Å². The van der Waals surface area contributed by atoms with Gasteiger partial charge >= 0.3 is 0 Å². The number of carbonyl (C=O) groups is 1. The minimum absolute atomic E-state index is 0.0719. The van der Waals surface area contributed by atoms with Gasteiger partial charge in [0.1, 0.15) is 0 Å². The third-order valence-electron chi connectivity index (χ3n) is 1.70. The van der Waals surface area contributed by atoms with E-state index in [2.05, 4.69) is 11.9 Å². The summed E-state index contributed by atoms with van der Waals surface area (Å²) < 4.78 is 5.25. The van der Waals surface area contributed by atoms with E-state index in [9.17, 15) is 4.79 Å². The van der Waals surface area contributed by atoms with Crippen molar-refractivity contribution in [1.29, 1.82) is 0 Å². The van der Waals surface area contributed by atoms with E-state index in [0.29, 0.717) is 26.2 Å². The van der Waals surface area contributed by atoms with E-state index in [4.69, 9.17) is 4.74 Å². The van der Waals surface area contributed by atoms with Gasteiger partial charge in [0.15, 0.2) is 0 Å². The monoisotopic (exact) mass is 214 g/mol. The Balaban J connectivity index is 3.28. The highest BCUT2D eigenvalue weighted by molar-refractivity contribution is 5.75. The number of amides is 1. The molecule has 88 valence electrons. The van der Waals surface area contributed by atoms with Crippen LogP contribution in [-0.4, -0.2) is 51.2 Å². The zero-order valence-electron chi connectivity index (χ0n) is 10.0. The first kappa shape index (κ1) is 14.1. The third-order valence-corrected chi connectivity index (χ3v) is 1.70. The van der Waals surface area contributed by atoms with E-state index in [0.717, 1.165) is 12.1 Å². The van der Waals surface area contributed by atoms with Crippen LogP contribution in [0.3, 0.4) is 0 Å². The number of nitrogens with one attached hydrogen (secondary N) is 1. The quantitative estimate of drug-likeness (QED) is 0.476. The van der Waals surface area contributed by atoms with Crippen molar-refractivity contribution < 1.29 is 9.53 Å². The maximum atomic E-state index is 11.2. The van der Waals surface area contributed by atoms with Crippen molar-refractivity contribution in [2.75, 3.05) is 40.4 Å². The Kier molecular flexibility index (Phi) is 7.95. The van der Waals surface area contributed by atoms with Gasteiger partial charge < -0.3 is 15.0 Å². The predicted molar refractivity (Wildman–Crippen MR) is 61.8 cm³/mol. The zero-order chi connectivity index (χ0) is 11.7. The molecule has 0 heterocycles. The molecular formula is C11H22N2O2. The Morgan fingerprint density at radius 3 is 2.67 bits per heavy atom. The Morgan fingerprint density at radius 1 is 1.47 bits per heavy atom. The SMILES string of the molecule is C=C(C)COCCNC(=O)CCN(C)C. The van der Waals surface area contributed by atoms with Crippen molar-refractivity contribution in [1.82, 2.24) is 10.2 Å². The van der Waals surface area contributed by atoms with Crippen LogP contribution < -0.4 is 5.32 Å². The van der Waals surface area contributed by atoms with Gasteiger partial charge in [0.05, 0.1) is 13.2 Å². The summed E-state index contributed by atoms with van der Waals surface area (Å²) in [5.41, 5.74) is 0.994. The van der Waals surface area contributed by atoms with Crippen LogP contribution in [0, 0.1) is 0 Å². The van der Waals surface area contributed by atoms with E-state index in [1.807, 2.05) is 25.9 Å². The van der Waals surface area contributed by atoms with Crippen LogP contribution in [0.4, 0.5) is 0 Å². The fraction of sp³-hybridized carbons (Fsp3) is 0.727. The Morgan fingerprint density at radius 2 is 2.13 bits per heavy atom. The van der Waals surface area contributed by atoms with Gasteiger partial charge in [-0.15, -0.1) is 0 Å². The van der Waals surface area contributed by atoms with Crippen molar-refractivity contribution >= 4 is 5.91 Å². The van der Waals surface area contributed by atoms with Crippen LogP contribution in [0.15, 0.2) is 12.2 Å². The number of rotatable bonds is 8. The van der Waals surface area contributed by atoms with Crippen LogP contribution in [-0.2, 0) is 9.53 Å². The second-order valence-corrected chi connectivity index (χ2v) is 3.91. The molecule has 0 aliphatic carbocycles. The topological polar surface area (TPSA) is 41.6 Å². The molecule has 4 heteroatoms. The molecule has 0 bridgehead atoms. The van der Waals surface area contributed by atoms with Crippen LogP contribution in [0.5, 0.6) is 0 Å². The molecule has 0 aromatic rings. The Hall–Kier alpha value is -0.870. The maximum Gasteiger partial charge on any atom is 0.221 e. The summed E-state index contributed by atoms with van der Waals surface area (Å²) in [5.74, 6) is 0.0719. The predicted octanol–water partition coefficient (Wildman–Crippen LogP) is 0.647. The molecule has 4 nitrogen and oxygen atoms in total. The molecule has 0 saturated carbocycles. The summed E-state index contributed by atoms with van der Waals surface area (Å²) in [5, 5.41) is 2.79. The first-order valence-electron chi connectivity index (χ1n) is 5.16. The number of hydrogen-bond donors (Lipinski definition) is 1. The molecular weight excluding hydrogens is 192 g/mol. The fourth-order valence-corrected chi connectivity index (χ4v) is 0.923. The summed E-state index contributed by atoms with van der Waals surface area (Å²) in [6.07, 6.45) is 0.535. The molecule has 15 heavy (non-hydrogen) atoms. The smallest absolute Gasteiger partial charge is 0.221 e. The van der Waals surface area contributed by atoms with Gasteiger partial charge in [-0.3, -0.25) is 4.79 Å². The summed E-state index contributed by atoms with van der Waals surface area (Å²) in [6.45, 7) is 8.08. The molecule has 0 saturated heterocycles. The molecule has 0 atom stereocenters. The van der Waals surface area contributed by atoms with Gasteiger partial charge in [0.2, 0.25) is 5.91 Å². The molecule has 0 radical (unpaired) electrons. The van der Waals surface area contributed by atoms with E-state index in [-0.39, 0.29) is 5.91 Å². The third kappa shape index (κ3) is 11.1. The van der Waals surface area contributed by atoms with Crippen molar-refractivity contribution in [3.8, 4) is 0 Å². The number of carbonyl (C=O) groups excluding carboxylic acids is 1. The molecule has 0 aliphatic rings. The van der Waals surface area contributed by atoms with Gasteiger partial charge in [-0.05, 0) is 21.0 Å². The second kappa shape index (κ2) is 8.44. The van der Waals surface area contributed by atoms with Gasteiger partial charge in [-0.1, -0.05) is 12.2 Å². The highest BCUT2D eigenvalue weighted by Crippen LogP contribution is 1.87. The Labute approximate surface area is 92.3 Å². The number of hydrogen-bond acceptors (Lipinski definition) is 3. The standard InChI is InChI=1S/C11H22N2O2/c1-10(2)9-15-8-6-12-11(14)5-7-13(3)4/h1,5-9H2,2-4H3,(H,12,14). The normalized spacial score (nSPS) is 10.4. The minimum Gasteiger partial charge on any atom is -0.375 e. The highest BCUT2D eigenvalue weighted by Gasteiger charge is 2.00. The Bertz CT molecular complexity index is 203. The molecule has 0 aromatic heterocycles. The minimum atomic E-state index is 0.0719. The van der Waals surface area contributed by atoms with E-state index in [1.54, 1.807) is 0 Å². The lowest BCUT2D eigenvalue weighted by molar-refractivity contribution is -0.121. The van der Waals surface area contributed by atoms with Crippen molar-refractivity contribution in [2.24, 2.45) is 0 Å². The average molecular weight is 214 g/mol. The van der Waals surface area contributed by atoms with Gasteiger partial charge in [-0.25, -0.2) is 0 Å². The van der Waals surface area contributed by atoms with Crippen molar-refractivity contribution in [3.63, 3.8) is 0 Å². The number of nitrogens with zero attached hydrogens (tertiary/aromatic N) is 1. The molecule has 0 aromatic carbocycles. The lowest BCUT2D eigenvalue weighted by atomic mass is 10.4. The van der Waals surface area contributed by atoms with Gasteiger partial charge in [-0.2, -0.15) is 0 Å². The molecule has 1 amide bonds. The largest absolute Gasteiger partial charge is 0.375 e. The molecule has 0 fully saturated rings. The van der Waals surface area contributed by atoms with E-state index in [1.165, 1.54) is 0 Å². The first-order chi connectivity index (χ1) is 7.02. The summed E-state index contributed by atoms with van der Waals surface area (Å²) in [6, 6.07) is 0. The molecule has 1 N–H and O–H groups in total. The van der Waals surface area contributed by atoms with Crippen molar-refractivity contribution in [3.05, 3.63) is 12.2 Å². The van der Waals surface area contributed by atoms with Crippen LogP contribution >= 0.6 is 0 Å². The average Bonchev–Trinajstić information content (AvgIpc) is 2.13. The lowest BCUT2D eigenvalue weighted by Crippen LogP contribution is -2.30. The maximum absolute atomic E-state index is 11.2. The molecule has 0 rings (SSSR count). The molecule has 0 spiro atoms.